The lowest BCUT2D eigenvalue weighted by Gasteiger charge is -2.06. The summed E-state index contributed by atoms with van der Waals surface area (Å²) < 4.78 is 7.08. The summed E-state index contributed by atoms with van der Waals surface area (Å²) in [6.45, 7) is 6.63. The first kappa shape index (κ1) is 11.1. The number of ether oxygens (including phenoxy) is 1. The molecule has 1 aromatic rings. The van der Waals surface area contributed by atoms with Crippen LogP contribution >= 0.6 is 0 Å². The van der Waals surface area contributed by atoms with Gasteiger partial charge in [0.05, 0.1) is 19.7 Å². The summed E-state index contributed by atoms with van der Waals surface area (Å²) in [6, 6.07) is 0. The second-order valence-corrected chi connectivity index (χ2v) is 3.49. The van der Waals surface area contributed by atoms with Crippen LogP contribution in [0.3, 0.4) is 0 Å². The van der Waals surface area contributed by atoms with Gasteiger partial charge in [0.15, 0.2) is 5.82 Å². The number of tetrazole rings is 1. The number of hydrogen-bond acceptors (Lipinski definition) is 5. The highest BCUT2D eigenvalue weighted by Crippen LogP contribution is 1.94. The van der Waals surface area contributed by atoms with E-state index in [1.165, 1.54) is 0 Å². The van der Waals surface area contributed by atoms with Crippen molar-refractivity contribution in [3.05, 3.63) is 5.82 Å². The van der Waals surface area contributed by atoms with Crippen LogP contribution in [-0.2, 0) is 17.8 Å². The molecular weight excluding hydrogens is 182 g/mol. The van der Waals surface area contributed by atoms with Crippen molar-refractivity contribution in [2.24, 2.45) is 11.7 Å². The number of hydrogen-bond donors (Lipinski definition) is 1. The van der Waals surface area contributed by atoms with Gasteiger partial charge in [-0.2, -0.15) is 0 Å². The average molecular weight is 199 g/mol. The molecule has 2 N–H and O–H groups in total. The van der Waals surface area contributed by atoms with Gasteiger partial charge >= 0.3 is 0 Å². The Morgan fingerprint density at radius 3 is 2.93 bits per heavy atom. The van der Waals surface area contributed by atoms with Crippen molar-refractivity contribution in [1.29, 1.82) is 0 Å². The molecule has 0 atom stereocenters. The molecule has 0 unspecified atom stereocenters. The first-order valence-corrected chi connectivity index (χ1v) is 4.77. The molecule has 14 heavy (non-hydrogen) atoms. The van der Waals surface area contributed by atoms with E-state index >= 15 is 0 Å². The first-order chi connectivity index (χ1) is 6.74. The molecule has 0 saturated carbocycles. The van der Waals surface area contributed by atoms with Gasteiger partial charge in [0.1, 0.15) is 0 Å². The van der Waals surface area contributed by atoms with Crippen molar-refractivity contribution in [3.63, 3.8) is 0 Å². The fraction of sp³-hybridized carbons (Fsp3) is 0.875. The van der Waals surface area contributed by atoms with Crippen LogP contribution in [0, 0.1) is 5.92 Å². The second kappa shape index (κ2) is 5.66. The summed E-state index contributed by atoms with van der Waals surface area (Å²) in [5.41, 5.74) is 5.44. The average Bonchev–Trinajstić information content (AvgIpc) is 2.59. The fourth-order valence-electron chi connectivity index (χ4n) is 1.01. The van der Waals surface area contributed by atoms with Crippen molar-refractivity contribution < 1.29 is 4.74 Å². The quantitative estimate of drug-likeness (QED) is 0.642. The molecule has 1 aromatic heterocycles. The third-order valence-corrected chi connectivity index (χ3v) is 1.69. The summed E-state index contributed by atoms with van der Waals surface area (Å²) in [5, 5.41) is 11.1. The van der Waals surface area contributed by atoms with Crippen molar-refractivity contribution in [2.45, 2.75) is 26.9 Å². The molecule has 1 rings (SSSR count). The molecule has 0 spiro atoms. The third-order valence-electron chi connectivity index (χ3n) is 1.69. The topological polar surface area (TPSA) is 78.8 Å². The van der Waals surface area contributed by atoms with E-state index < -0.39 is 0 Å². The summed E-state index contributed by atoms with van der Waals surface area (Å²) in [6.07, 6.45) is 0. The van der Waals surface area contributed by atoms with E-state index in [1.807, 2.05) is 0 Å². The van der Waals surface area contributed by atoms with Gasteiger partial charge < -0.3 is 10.5 Å². The van der Waals surface area contributed by atoms with Crippen LogP contribution in [0.15, 0.2) is 0 Å². The molecule has 0 aliphatic carbocycles. The van der Waals surface area contributed by atoms with E-state index in [4.69, 9.17) is 10.5 Å². The minimum absolute atomic E-state index is 0.358. The normalized spacial score (nSPS) is 11.1. The van der Waals surface area contributed by atoms with Crippen LogP contribution in [0.25, 0.3) is 0 Å². The lowest BCUT2D eigenvalue weighted by atomic mass is 10.2. The zero-order chi connectivity index (χ0) is 10.4. The Balaban J connectivity index is 2.24. The van der Waals surface area contributed by atoms with Gasteiger partial charge in [-0.05, 0) is 16.3 Å². The summed E-state index contributed by atoms with van der Waals surface area (Å²) in [5.74, 6) is 1.25. The minimum atomic E-state index is 0.358. The molecule has 80 valence electrons. The van der Waals surface area contributed by atoms with Gasteiger partial charge in [-0.3, -0.25) is 0 Å². The maximum Gasteiger partial charge on any atom is 0.164 e. The molecule has 0 aliphatic rings. The fourth-order valence-corrected chi connectivity index (χ4v) is 1.01. The smallest absolute Gasteiger partial charge is 0.164 e. The van der Waals surface area contributed by atoms with Gasteiger partial charge in [0.25, 0.3) is 0 Å². The summed E-state index contributed by atoms with van der Waals surface area (Å²) in [7, 11) is 0. The van der Waals surface area contributed by atoms with E-state index in [2.05, 4.69) is 29.4 Å². The molecule has 0 radical (unpaired) electrons. The van der Waals surface area contributed by atoms with Gasteiger partial charge in [-0.1, -0.05) is 13.8 Å². The molecule has 0 aliphatic heterocycles. The lowest BCUT2D eigenvalue weighted by Crippen LogP contribution is -2.14. The Morgan fingerprint density at radius 1 is 1.50 bits per heavy atom. The van der Waals surface area contributed by atoms with Crippen LogP contribution in [0.5, 0.6) is 0 Å². The zero-order valence-electron chi connectivity index (χ0n) is 8.68. The molecule has 0 aromatic carbocycles. The SMILES string of the molecule is CC(C)COCCn1nnnc1CN. The molecule has 0 saturated heterocycles. The predicted octanol–water partition coefficient (Wildman–Crippen LogP) is -0.196. The van der Waals surface area contributed by atoms with Crippen LogP contribution in [-0.4, -0.2) is 33.4 Å². The number of rotatable bonds is 6. The highest BCUT2D eigenvalue weighted by atomic mass is 16.5. The monoisotopic (exact) mass is 199 g/mol. The third kappa shape index (κ3) is 3.39. The van der Waals surface area contributed by atoms with Crippen LogP contribution in [0.4, 0.5) is 0 Å². The van der Waals surface area contributed by atoms with E-state index in [1.54, 1.807) is 4.68 Å². The van der Waals surface area contributed by atoms with Gasteiger partial charge in [0.2, 0.25) is 0 Å². The van der Waals surface area contributed by atoms with Crippen LogP contribution in [0.1, 0.15) is 19.7 Å². The Hall–Kier alpha value is -1.01. The van der Waals surface area contributed by atoms with Crippen molar-refractivity contribution in [3.8, 4) is 0 Å². The van der Waals surface area contributed by atoms with Gasteiger partial charge in [0, 0.05) is 6.61 Å². The lowest BCUT2D eigenvalue weighted by molar-refractivity contribution is 0.100. The van der Waals surface area contributed by atoms with E-state index in [0.717, 1.165) is 6.61 Å². The van der Waals surface area contributed by atoms with Gasteiger partial charge in [-0.15, -0.1) is 5.10 Å². The molecule has 6 nitrogen and oxygen atoms in total. The Morgan fingerprint density at radius 2 is 2.29 bits per heavy atom. The molecule has 0 bridgehead atoms. The van der Waals surface area contributed by atoms with Crippen molar-refractivity contribution in [1.82, 2.24) is 20.2 Å². The standard InChI is InChI=1S/C8H17N5O/c1-7(2)6-14-4-3-13-8(5-9)10-11-12-13/h7H,3-6,9H2,1-2H3. The highest BCUT2D eigenvalue weighted by molar-refractivity contribution is 4.77. The largest absolute Gasteiger partial charge is 0.379 e. The van der Waals surface area contributed by atoms with Crippen LogP contribution < -0.4 is 5.73 Å². The van der Waals surface area contributed by atoms with E-state index in [0.29, 0.717) is 31.4 Å². The Bertz CT molecular complexity index is 260. The number of nitrogens with zero attached hydrogens (tertiary/aromatic N) is 4. The van der Waals surface area contributed by atoms with Crippen LogP contribution in [0.2, 0.25) is 0 Å². The zero-order valence-corrected chi connectivity index (χ0v) is 8.68. The number of nitrogens with two attached hydrogens (primary N) is 1. The van der Waals surface area contributed by atoms with Gasteiger partial charge in [-0.25, -0.2) is 4.68 Å². The number of aromatic nitrogens is 4. The van der Waals surface area contributed by atoms with E-state index in [-0.39, 0.29) is 0 Å². The Kier molecular flexibility index (Phi) is 4.48. The van der Waals surface area contributed by atoms with Crippen molar-refractivity contribution >= 4 is 0 Å². The maximum atomic E-state index is 5.44. The summed E-state index contributed by atoms with van der Waals surface area (Å²) >= 11 is 0. The van der Waals surface area contributed by atoms with Crippen molar-refractivity contribution in [2.75, 3.05) is 13.2 Å². The summed E-state index contributed by atoms with van der Waals surface area (Å²) in [4.78, 5) is 0. The maximum absolute atomic E-state index is 5.44. The Labute approximate surface area is 83.4 Å². The minimum Gasteiger partial charge on any atom is -0.379 e. The predicted molar refractivity (Wildman–Crippen MR) is 51.4 cm³/mol. The molecule has 0 fully saturated rings. The first-order valence-electron chi connectivity index (χ1n) is 4.77. The molecule has 6 heteroatoms. The second-order valence-electron chi connectivity index (χ2n) is 3.49. The molecule has 0 amide bonds. The molecule has 1 heterocycles. The molecular formula is C8H17N5O. The van der Waals surface area contributed by atoms with E-state index in [9.17, 15) is 0 Å². The highest BCUT2D eigenvalue weighted by Gasteiger charge is 2.02.